The van der Waals surface area contributed by atoms with Crippen LogP contribution in [0.4, 0.5) is 0 Å². The Hall–Kier alpha value is -1.91. The van der Waals surface area contributed by atoms with Crippen molar-refractivity contribution < 1.29 is 14.2 Å². The van der Waals surface area contributed by atoms with E-state index in [1.807, 2.05) is 0 Å². The van der Waals surface area contributed by atoms with Crippen LogP contribution in [-0.2, 0) is 0 Å². The molecule has 0 aliphatic carbocycles. The highest BCUT2D eigenvalue weighted by Crippen LogP contribution is 2.34. The molecule has 0 atom stereocenters. The van der Waals surface area contributed by atoms with Crippen molar-refractivity contribution >= 4 is 5.84 Å². The van der Waals surface area contributed by atoms with Crippen LogP contribution in [0.5, 0.6) is 17.2 Å². The number of nitrogens with two attached hydrogens (primary N) is 1. The van der Waals surface area contributed by atoms with Crippen LogP contribution in [0.3, 0.4) is 0 Å². The molecule has 0 bridgehead atoms. The van der Waals surface area contributed by atoms with Crippen molar-refractivity contribution in [2.24, 2.45) is 5.73 Å². The lowest BCUT2D eigenvalue weighted by Gasteiger charge is -2.04. The monoisotopic (exact) mass is 194 g/mol. The molecule has 0 spiro atoms. The van der Waals surface area contributed by atoms with E-state index >= 15 is 0 Å². The number of nitrogens with one attached hydrogen (secondary N) is 1. The van der Waals surface area contributed by atoms with Gasteiger partial charge in [-0.3, -0.25) is 5.41 Å². The SMILES string of the molecule is N=C(N)COc1ccc2c(c1)OCO2. The summed E-state index contributed by atoms with van der Waals surface area (Å²) in [6, 6.07) is 5.22. The summed E-state index contributed by atoms with van der Waals surface area (Å²) in [5.41, 5.74) is 5.16. The lowest BCUT2D eigenvalue weighted by molar-refractivity contribution is 0.174. The number of ether oxygens (including phenoxy) is 3. The molecular formula is C9H10N2O3. The van der Waals surface area contributed by atoms with E-state index in [0.29, 0.717) is 17.2 Å². The Balaban J connectivity index is 2.09. The van der Waals surface area contributed by atoms with Gasteiger partial charge in [-0.25, -0.2) is 0 Å². The number of amidine groups is 1. The highest BCUT2D eigenvalue weighted by molar-refractivity contribution is 5.78. The summed E-state index contributed by atoms with van der Waals surface area (Å²) < 4.78 is 15.5. The maximum atomic E-state index is 6.99. The summed E-state index contributed by atoms with van der Waals surface area (Å²) in [5, 5.41) is 6.99. The standard InChI is InChI=1S/C9H10N2O3/c10-9(11)4-12-6-1-2-7-8(3-6)14-5-13-7/h1-3H,4-5H2,(H3,10,11). The zero-order valence-electron chi connectivity index (χ0n) is 7.45. The third kappa shape index (κ3) is 1.71. The van der Waals surface area contributed by atoms with Crippen LogP contribution in [0.25, 0.3) is 0 Å². The maximum Gasteiger partial charge on any atom is 0.231 e. The summed E-state index contributed by atoms with van der Waals surface area (Å²) in [7, 11) is 0. The van der Waals surface area contributed by atoms with Gasteiger partial charge in [-0.2, -0.15) is 0 Å². The molecule has 5 heteroatoms. The lowest BCUT2D eigenvalue weighted by Crippen LogP contribution is -2.19. The van der Waals surface area contributed by atoms with Gasteiger partial charge in [0.25, 0.3) is 0 Å². The van der Waals surface area contributed by atoms with Gasteiger partial charge in [0.05, 0.1) is 0 Å². The fourth-order valence-electron chi connectivity index (χ4n) is 1.13. The number of rotatable bonds is 3. The van der Waals surface area contributed by atoms with Crippen LogP contribution >= 0.6 is 0 Å². The third-order valence-corrected chi connectivity index (χ3v) is 1.74. The molecular weight excluding hydrogens is 184 g/mol. The van der Waals surface area contributed by atoms with E-state index in [1.165, 1.54) is 0 Å². The zero-order valence-corrected chi connectivity index (χ0v) is 7.45. The molecule has 74 valence electrons. The Kier molecular flexibility index (Phi) is 2.14. The molecule has 2 rings (SSSR count). The predicted octanol–water partition coefficient (Wildman–Crippen LogP) is 0.730. The normalized spacial score (nSPS) is 12.6. The van der Waals surface area contributed by atoms with Gasteiger partial charge in [0.15, 0.2) is 11.5 Å². The van der Waals surface area contributed by atoms with Gasteiger partial charge in [-0.1, -0.05) is 0 Å². The molecule has 0 radical (unpaired) electrons. The molecule has 14 heavy (non-hydrogen) atoms. The summed E-state index contributed by atoms with van der Waals surface area (Å²) >= 11 is 0. The first-order valence-corrected chi connectivity index (χ1v) is 4.11. The highest BCUT2D eigenvalue weighted by Gasteiger charge is 2.13. The van der Waals surface area contributed by atoms with Crippen LogP contribution in [0.1, 0.15) is 0 Å². The van der Waals surface area contributed by atoms with Gasteiger partial charge in [-0.15, -0.1) is 0 Å². The summed E-state index contributed by atoms with van der Waals surface area (Å²) in [4.78, 5) is 0. The fraction of sp³-hybridized carbons (Fsp3) is 0.222. The van der Waals surface area contributed by atoms with Crippen molar-refractivity contribution in [1.29, 1.82) is 5.41 Å². The minimum absolute atomic E-state index is 0.0114. The number of hydrogen-bond acceptors (Lipinski definition) is 4. The van der Waals surface area contributed by atoms with Gasteiger partial charge in [0.2, 0.25) is 6.79 Å². The van der Waals surface area contributed by atoms with E-state index in [2.05, 4.69) is 0 Å². The van der Waals surface area contributed by atoms with Crippen LogP contribution in [0.15, 0.2) is 18.2 Å². The largest absolute Gasteiger partial charge is 0.486 e. The van der Waals surface area contributed by atoms with E-state index in [1.54, 1.807) is 18.2 Å². The number of hydrogen-bond donors (Lipinski definition) is 2. The molecule has 0 saturated carbocycles. The second-order valence-corrected chi connectivity index (χ2v) is 2.83. The maximum absolute atomic E-state index is 6.99. The lowest BCUT2D eigenvalue weighted by atomic mass is 10.3. The highest BCUT2D eigenvalue weighted by atomic mass is 16.7. The van der Waals surface area contributed by atoms with Crippen molar-refractivity contribution in [1.82, 2.24) is 0 Å². The minimum Gasteiger partial charge on any atom is -0.486 e. The quantitative estimate of drug-likeness (QED) is 0.549. The van der Waals surface area contributed by atoms with Crippen LogP contribution in [-0.4, -0.2) is 19.2 Å². The molecule has 5 nitrogen and oxygen atoms in total. The smallest absolute Gasteiger partial charge is 0.231 e. The molecule has 1 aromatic carbocycles. The van der Waals surface area contributed by atoms with Gasteiger partial charge < -0.3 is 19.9 Å². The first kappa shape index (κ1) is 8.68. The third-order valence-electron chi connectivity index (χ3n) is 1.74. The van der Waals surface area contributed by atoms with Crippen molar-refractivity contribution in [3.63, 3.8) is 0 Å². The summed E-state index contributed by atoms with van der Waals surface area (Å²) in [6.45, 7) is 0.325. The Bertz CT molecular complexity index is 365. The van der Waals surface area contributed by atoms with E-state index in [-0.39, 0.29) is 19.2 Å². The van der Waals surface area contributed by atoms with Crippen LogP contribution in [0.2, 0.25) is 0 Å². The molecule has 1 aliphatic heterocycles. The molecule has 1 heterocycles. The van der Waals surface area contributed by atoms with Crippen LogP contribution < -0.4 is 19.9 Å². The Morgan fingerprint density at radius 1 is 1.43 bits per heavy atom. The van der Waals surface area contributed by atoms with E-state index in [9.17, 15) is 0 Å². The summed E-state index contributed by atoms with van der Waals surface area (Å²) in [6.07, 6.45) is 0. The molecule has 0 amide bonds. The Labute approximate surface area is 80.9 Å². The van der Waals surface area contributed by atoms with E-state index in [4.69, 9.17) is 25.4 Å². The van der Waals surface area contributed by atoms with Gasteiger partial charge >= 0.3 is 0 Å². The fourth-order valence-corrected chi connectivity index (χ4v) is 1.13. The van der Waals surface area contributed by atoms with Gasteiger partial charge in [-0.05, 0) is 12.1 Å². The molecule has 0 fully saturated rings. The van der Waals surface area contributed by atoms with E-state index in [0.717, 1.165) is 0 Å². The summed E-state index contributed by atoms with van der Waals surface area (Å²) in [5.74, 6) is 1.97. The van der Waals surface area contributed by atoms with E-state index < -0.39 is 0 Å². The molecule has 1 aliphatic rings. The second-order valence-electron chi connectivity index (χ2n) is 2.83. The van der Waals surface area contributed by atoms with Crippen molar-refractivity contribution in [2.45, 2.75) is 0 Å². The first-order chi connectivity index (χ1) is 6.75. The predicted molar refractivity (Wildman–Crippen MR) is 50.0 cm³/mol. The number of benzene rings is 1. The van der Waals surface area contributed by atoms with Gasteiger partial charge in [0, 0.05) is 6.07 Å². The Morgan fingerprint density at radius 3 is 3.00 bits per heavy atom. The molecule has 1 aromatic rings. The Morgan fingerprint density at radius 2 is 2.21 bits per heavy atom. The average Bonchev–Trinajstić information content (AvgIpc) is 2.61. The molecule has 0 saturated heterocycles. The van der Waals surface area contributed by atoms with Crippen molar-refractivity contribution in [3.8, 4) is 17.2 Å². The van der Waals surface area contributed by atoms with Crippen molar-refractivity contribution in [2.75, 3.05) is 13.4 Å². The first-order valence-electron chi connectivity index (χ1n) is 4.11. The number of fused-ring (bicyclic) bond motifs is 1. The second kappa shape index (κ2) is 3.45. The average molecular weight is 194 g/mol. The molecule has 0 unspecified atom stereocenters. The molecule has 0 aromatic heterocycles. The van der Waals surface area contributed by atoms with Crippen LogP contribution in [0, 0.1) is 5.41 Å². The molecule has 3 N–H and O–H groups in total. The topological polar surface area (TPSA) is 77.6 Å². The minimum atomic E-state index is -0.0114. The van der Waals surface area contributed by atoms with Gasteiger partial charge in [0.1, 0.15) is 18.2 Å². The zero-order chi connectivity index (χ0) is 9.97. The van der Waals surface area contributed by atoms with Crippen molar-refractivity contribution in [3.05, 3.63) is 18.2 Å².